The second kappa shape index (κ2) is 8.19. The quantitative estimate of drug-likeness (QED) is 0.445. The van der Waals surface area contributed by atoms with Gasteiger partial charge in [0, 0.05) is 18.6 Å². The molecule has 5 heteroatoms. The van der Waals surface area contributed by atoms with Crippen LogP contribution in [0.5, 0.6) is 11.5 Å². The third kappa shape index (κ3) is 4.02. The first-order chi connectivity index (χ1) is 11.2. The van der Waals surface area contributed by atoms with Crippen LogP contribution in [0.25, 0.3) is 16.8 Å². The highest BCUT2D eigenvalue weighted by Crippen LogP contribution is 2.38. The maximum Gasteiger partial charge on any atom is 0.330 e. The molecule has 0 aliphatic carbocycles. The number of rotatable bonds is 7. The fourth-order valence-electron chi connectivity index (χ4n) is 2.25. The van der Waals surface area contributed by atoms with E-state index in [1.54, 1.807) is 27.2 Å². The molecule has 0 bridgehead atoms. The first-order valence-electron chi connectivity index (χ1n) is 7.27. The maximum atomic E-state index is 11.5. The smallest absolute Gasteiger partial charge is 0.330 e. The molecular weight excluding hydrogens is 296 g/mol. The van der Waals surface area contributed by atoms with Gasteiger partial charge in [-0.3, -0.25) is 0 Å². The van der Waals surface area contributed by atoms with E-state index in [-0.39, 0.29) is 12.8 Å². The van der Waals surface area contributed by atoms with Crippen LogP contribution in [0, 0.1) is 0 Å². The molecule has 23 heavy (non-hydrogen) atoms. The highest BCUT2D eigenvalue weighted by molar-refractivity contribution is 5.99. The van der Waals surface area contributed by atoms with Crippen LogP contribution in [0.3, 0.4) is 0 Å². The fourth-order valence-corrected chi connectivity index (χ4v) is 2.25. The molecule has 0 fully saturated rings. The largest absolute Gasteiger partial charge is 0.493 e. The van der Waals surface area contributed by atoms with Crippen molar-refractivity contribution in [3.8, 4) is 11.5 Å². The minimum Gasteiger partial charge on any atom is -0.493 e. The lowest BCUT2D eigenvalue weighted by molar-refractivity contribution is -0.137. The maximum absolute atomic E-state index is 11.5. The van der Waals surface area contributed by atoms with Gasteiger partial charge in [0.1, 0.15) is 0 Å². The molecule has 0 saturated heterocycles. The van der Waals surface area contributed by atoms with Gasteiger partial charge in [0.05, 0.1) is 13.7 Å². The molecule has 0 N–H and O–H groups in total. The molecule has 2 rings (SSSR count). The molecule has 0 aliphatic heterocycles. The lowest BCUT2D eigenvalue weighted by Crippen LogP contribution is -2.02. The van der Waals surface area contributed by atoms with Crippen molar-refractivity contribution in [2.75, 3.05) is 27.6 Å². The summed E-state index contributed by atoms with van der Waals surface area (Å²) in [6, 6.07) is 9.56. The van der Waals surface area contributed by atoms with Gasteiger partial charge in [-0.2, -0.15) is 0 Å². The van der Waals surface area contributed by atoms with Crippen LogP contribution in [0.4, 0.5) is 0 Å². The van der Waals surface area contributed by atoms with E-state index in [2.05, 4.69) is 0 Å². The van der Waals surface area contributed by atoms with E-state index in [1.807, 2.05) is 30.3 Å². The molecule has 5 nitrogen and oxygen atoms in total. The molecule has 0 spiro atoms. The van der Waals surface area contributed by atoms with Crippen molar-refractivity contribution in [2.45, 2.75) is 6.92 Å². The van der Waals surface area contributed by atoms with Crippen LogP contribution in [0.1, 0.15) is 12.5 Å². The standard InChI is InChI=1S/C18H20O5/c1-4-22-17(19)10-9-13-11-16(21-3)18(23-12-20-2)15-8-6-5-7-14(13)15/h5-11H,4,12H2,1-3H3/b10-9+. The van der Waals surface area contributed by atoms with Crippen LogP contribution in [-0.2, 0) is 14.3 Å². The van der Waals surface area contributed by atoms with Gasteiger partial charge >= 0.3 is 5.97 Å². The Balaban J connectivity index is 2.51. The Labute approximate surface area is 135 Å². The summed E-state index contributed by atoms with van der Waals surface area (Å²) in [6.07, 6.45) is 3.11. The molecule has 0 unspecified atom stereocenters. The van der Waals surface area contributed by atoms with Crippen LogP contribution in [0.15, 0.2) is 36.4 Å². The number of carbonyl (C=O) groups excluding carboxylic acids is 1. The van der Waals surface area contributed by atoms with Gasteiger partial charge < -0.3 is 18.9 Å². The Kier molecular flexibility index (Phi) is 6.00. The van der Waals surface area contributed by atoms with Gasteiger partial charge in [-0.15, -0.1) is 0 Å². The molecule has 0 saturated carbocycles. The minimum atomic E-state index is -0.379. The second-order valence-electron chi connectivity index (χ2n) is 4.68. The number of carbonyl (C=O) groups is 1. The predicted octanol–water partition coefficient (Wildman–Crippen LogP) is 3.41. The Morgan fingerprint density at radius 2 is 1.91 bits per heavy atom. The van der Waals surface area contributed by atoms with E-state index >= 15 is 0 Å². The monoisotopic (exact) mass is 316 g/mol. The van der Waals surface area contributed by atoms with Gasteiger partial charge in [0.25, 0.3) is 0 Å². The van der Waals surface area contributed by atoms with Crippen molar-refractivity contribution in [2.24, 2.45) is 0 Å². The van der Waals surface area contributed by atoms with Gasteiger partial charge in [-0.05, 0) is 30.0 Å². The number of fused-ring (bicyclic) bond motifs is 1. The first kappa shape index (κ1) is 16.8. The lowest BCUT2D eigenvalue weighted by Gasteiger charge is -2.14. The summed E-state index contributed by atoms with van der Waals surface area (Å²) in [6.45, 7) is 2.24. The number of hydrogen-bond donors (Lipinski definition) is 0. The average molecular weight is 316 g/mol. The van der Waals surface area contributed by atoms with Crippen molar-refractivity contribution >= 4 is 22.8 Å². The zero-order valence-electron chi connectivity index (χ0n) is 13.5. The summed E-state index contributed by atoms with van der Waals surface area (Å²) in [7, 11) is 3.13. The van der Waals surface area contributed by atoms with Crippen molar-refractivity contribution in [1.29, 1.82) is 0 Å². The van der Waals surface area contributed by atoms with Crippen molar-refractivity contribution in [3.63, 3.8) is 0 Å². The summed E-state index contributed by atoms with van der Waals surface area (Å²) >= 11 is 0. The van der Waals surface area contributed by atoms with Gasteiger partial charge in [-0.1, -0.05) is 24.3 Å². The number of hydrogen-bond acceptors (Lipinski definition) is 5. The second-order valence-corrected chi connectivity index (χ2v) is 4.68. The van der Waals surface area contributed by atoms with Gasteiger partial charge in [-0.25, -0.2) is 4.79 Å². The zero-order chi connectivity index (χ0) is 16.7. The zero-order valence-corrected chi connectivity index (χ0v) is 13.5. The molecular formula is C18H20O5. The minimum absolute atomic E-state index is 0.123. The van der Waals surface area contributed by atoms with Crippen LogP contribution in [0.2, 0.25) is 0 Å². The molecule has 0 heterocycles. The number of methoxy groups -OCH3 is 2. The third-order valence-corrected chi connectivity index (χ3v) is 3.22. The molecule has 2 aromatic carbocycles. The summed E-state index contributed by atoms with van der Waals surface area (Å²) in [5.41, 5.74) is 0.843. The summed E-state index contributed by atoms with van der Waals surface area (Å²) in [5, 5.41) is 1.83. The van der Waals surface area contributed by atoms with Crippen molar-refractivity contribution < 1.29 is 23.7 Å². The van der Waals surface area contributed by atoms with E-state index in [0.717, 1.165) is 16.3 Å². The Bertz CT molecular complexity index is 706. The number of benzene rings is 2. The van der Waals surface area contributed by atoms with Crippen molar-refractivity contribution in [3.05, 3.63) is 42.0 Å². The SMILES string of the molecule is CCOC(=O)/C=C/c1cc(OC)c(OCOC)c2ccccc12. The summed E-state index contributed by atoms with van der Waals surface area (Å²) < 4.78 is 20.9. The van der Waals surface area contributed by atoms with Gasteiger partial charge in [0.15, 0.2) is 18.3 Å². The van der Waals surface area contributed by atoms with E-state index in [9.17, 15) is 4.79 Å². The van der Waals surface area contributed by atoms with E-state index in [0.29, 0.717) is 18.1 Å². The topological polar surface area (TPSA) is 54.0 Å². The van der Waals surface area contributed by atoms with Crippen LogP contribution in [-0.4, -0.2) is 33.6 Å². The van der Waals surface area contributed by atoms with E-state index in [4.69, 9.17) is 18.9 Å². The van der Waals surface area contributed by atoms with Gasteiger partial charge in [0.2, 0.25) is 0 Å². The summed E-state index contributed by atoms with van der Waals surface area (Å²) in [4.78, 5) is 11.5. The Morgan fingerprint density at radius 1 is 1.17 bits per heavy atom. The van der Waals surface area contributed by atoms with Crippen molar-refractivity contribution in [1.82, 2.24) is 0 Å². The summed E-state index contributed by atoms with van der Waals surface area (Å²) in [5.74, 6) is 0.803. The number of ether oxygens (including phenoxy) is 4. The normalized spacial score (nSPS) is 10.9. The average Bonchev–Trinajstić information content (AvgIpc) is 2.58. The molecule has 2 aromatic rings. The highest BCUT2D eigenvalue weighted by atomic mass is 16.7. The van der Waals surface area contributed by atoms with E-state index < -0.39 is 0 Å². The molecule has 0 radical (unpaired) electrons. The Hall–Kier alpha value is -2.53. The molecule has 0 amide bonds. The van der Waals surface area contributed by atoms with Crippen LogP contribution < -0.4 is 9.47 Å². The lowest BCUT2D eigenvalue weighted by atomic mass is 10.0. The third-order valence-electron chi connectivity index (χ3n) is 3.22. The molecule has 122 valence electrons. The predicted molar refractivity (Wildman–Crippen MR) is 88.7 cm³/mol. The number of esters is 1. The van der Waals surface area contributed by atoms with E-state index in [1.165, 1.54) is 6.08 Å². The molecule has 0 aromatic heterocycles. The molecule has 0 atom stereocenters. The van der Waals surface area contributed by atoms with Crippen LogP contribution >= 0.6 is 0 Å². The molecule has 0 aliphatic rings. The Morgan fingerprint density at radius 3 is 2.57 bits per heavy atom. The highest BCUT2D eigenvalue weighted by Gasteiger charge is 2.13. The first-order valence-corrected chi connectivity index (χ1v) is 7.27. The fraction of sp³-hybridized carbons (Fsp3) is 0.278.